The van der Waals surface area contributed by atoms with Crippen molar-refractivity contribution in [3.05, 3.63) is 23.3 Å². The number of ketones is 1. The molecule has 0 aliphatic carbocycles. The van der Waals surface area contributed by atoms with Gasteiger partial charge in [-0.15, -0.1) is 0 Å². The van der Waals surface area contributed by atoms with Crippen molar-refractivity contribution in [1.29, 1.82) is 0 Å². The van der Waals surface area contributed by atoms with E-state index in [1.807, 2.05) is 0 Å². The van der Waals surface area contributed by atoms with Crippen molar-refractivity contribution in [3.63, 3.8) is 0 Å². The molecule has 0 unspecified atom stereocenters. The third-order valence-electron chi connectivity index (χ3n) is 1.92. The number of phenols is 1. The molecular weight excluding hydrogens is 200 g/mol. The highest BCUT2D eigenvalue weighted by Crippen LogP contribution is 2.27. The van der Waals surface area contributed by atoms with Crippen LogP contribution in [0.5, 0.6) is 11.5 Å². The predicted molar refractivity (Wildman–Crippen MR) is 51.5 cm³/mol. The minimum absolute atomic E-state index is 0.0207. The summed E-state index contributed by atoms with van der Waals surface area (Å²) in [6.45, 7) is -0.681. The van der Waals surface area contributed by atoms with E-state index < -0.39 is 12.4 Å². The molecule has 1 aromatic rings. The third-order valence-corrected chi connectivity index (χ3v) is 1.92. The van der Waals surface area contributed by atoms with Crippen molar-refractivity contribution >= 4 is 12.1 Å². The maximum absolute atomic E-state index is 11.2. The van der Waals surface area contributed by atoms with Gasteiger partial charge in [-0.2, -0.15) is 0 Å². The molecule has 80 valence electrons. The number of Topliss-reactive ketones (excluding diaryl/α,β-unsaturated/α-hetero) is 1. The average Bonchev–Trinajstić information content (AvgIpc) is 2.27. The second kappa shape index (κ2) is 4.56. The summed E-state index contributed by atoms with van der Waals surface area (Å²) in [5.41, 5.74) is 0.0486. The Hall–Kier alpha value is -1.88. The Morgan fingerprint density at radius 2 is 2.20 bits per heavy atom. The first-order valence-electron chi connectivity index (χ1n) is 4.14. The number of phenolic OH excluding ortho intramolecular Hbond substituents is 1. The maximum atomic E-state index is 11.2. The number of methoxy groups -OCH3 is 1. The van der Waals surface area contributed by atoms with Gasteiger partial charge < -0.3 is 14.9 Å². The summed E-state index contributed by atoms with van der Waals surface area (Å²) in [5, 5.41) is 18.0. The van der Waals surface area contributed by atoms with Crippen LogP contribution < -0.4 is 4.74 Å². The molecule has 0 heterocycles. The zero-order valence-corrected chi connectivity index (χ0v) is 8.06. The first-order valence-corrected chi connectivity index (χ1v) is 4.14. The van der Waals surface area contributed by atoms with Gasteiger partial charge in [0.2, 0.25) is 0 Å². The van der Waals surface area contributed by atoms with E-state index in [-0.39, 0.29) is 22.6 Å². The number of hydrogen-bond acceptors (Lipinski definition) is 5. The summed E-state index contributed by atoms with van der Waals surface area (Å²) in [6, 6.07) is 2.34. The highest BCUT2D eigenvalue weighted by molar-refractivity contribution is 6.01. The fourth-order valence-corrected chi connectivity index (χ4v) is 1.15. The lowest BCUT2D eigenvalue weighted by molar-refractivity contribution is 0.0900. The van der Waals surface area contributed by atoms with Gasteiger partial charge in [-0.05, 0) is 6.07 Å². The molecule has 0 fully saturated rings. The first-order chi connectivity index (χ1) is 7.13. The Morgan fingerprint density at radius 3 is 2.67 bits per heavy atom. The van der Waals surface area contributed by atoms with Gasteiger partial charge >= 0.3 is 0 Å². The smallest absolute Gasteiger partial charge is 0.191 e. The van der Waals surface area contributed by atoms with Crippen LogP contribution in [0.15, 0.2) is 12.1 Å². The number of ether oxygens (including phenoxy) is 1. The molecule has 5 nitrogen and oxygen atoms in total. The van der Waals surface area contributed by atoms with Crippen molar-refractivity contribution in [2.45, 2.75) is 0 Å². The van der Waals surface area contributed by atoms with Crippen LogP contribution in [0.1, 0.15) is 20.7 Å². The Labute approximate surface area is 85.9 Å². The van der Waals surface area contributed by atoms with Crippen LogP contribution >= 0.6 is 0 Å². The molecule has 15 heavy (non-hydrogen) atoms. The fourth-order valence-electron chi connectivity index (χ4n) is 1.15. The number of aliphatic hydroxyl groups is 1. The lowest BCUT2D eigenvalue weighted by Gasteiger charge is -2.08. The van der Waals surface area contributed by atoms with Gasteiger partial charge in [0, 0.05) is 6.07 Å². The lowest BCUT2D eigenvalue weighted by Crippen LogP contribution is -2.07. The molecule has 0 amide bonds. The van der Waals surface area contributed by atoms with E-state index in [0.717, 1.165) is 6.07 Å². The van der Waals surface area contributed by atoms with Crippen LogP contribution in [0.3, 0.4) is 0 Å². The van der Waals surface area contributed by atoms with Gasteiger partial charge in [-0.1, -0.05) is 0 Å². The van der Waals surface area contributed by atoms with Crippen molar-refractivity contribution in [2.24, 2.45) is 0 Å². The maximum Gasteiger partial charge on any atom is 0.191 e. The van der Waals surface area contributed by atoms with E-state index in [9.17, 15) is 14.7 Å². The molecule has 0 bridgehead atoms. The molecule has 0 aromatic heterocycles. The van der Waals surface area contributed by atoms with Crippen LogP contribution in [0.4, 0.5) is 0 Å². The van der Waals surface area contributed by atoms with Gasteiger partial charge in [0.1, 0.15) is 18.1 Å². The Morgan fingerprint density at radius 1 is 1.53 bits per heavy atom. The van der Waals surface area contributed by atoms with Crippen LogP contribution in [0.25, 0.3) is 0 Å². The molecule has 2 N–H and O–H groups in total. The third kappa shape index (κ3) is 2.13. The summed E-state index contributed by atoms with van der Waals surface area (Å²) in [4.78, 5) is 21.8. The zero-order chi connectivity index (χ0) is 11.4. The number of aldehydes is 1. The van der Waals surface area contributed by atoms with Gasteiger partial charge in [-0.3, -0.25) is 9.59 Å². The van der Waals surface area contributed by atoms with Crippen molar-refractivity contribution < 1.29 is 24.5 Å². The number of benzene rings is 1. The average molecular weight is 210 g/mol. The monoisotopic (exact) mass is 210 g/mol. The molecule has 0 radical (unpaired) electrons. The predicted octanol–water partition coefficient (Wildman–Crippen LogP) is 0.388. The number of hydrogen-bond donors (Lipinski definition) is 2. The van der Waals surface area contributed by atoms with E-state index in [1.54, 1.807) is 0 Å². The molecule has 0 aliphatic heterocycles. The molecule has 5 heteroatoms. The van der Waals surface area contributed by atoms with Gasteiger partial charge in [-0.25, -0.2) is 0 Å². The molecule has 0 saturated carbocycles. The van der Waals surface area contributed by atoms with Crippen LogP contribution in [-0.2, 0) is 0 Å². The SMILES string of the molecule is COc1cc(O)c(C=O)cc1C(=O)CO. The topological polar surface area (TPSA) is 83.8 Å². The van der Waals surface area contributed by atoms with Crippen molar-refractivity contribution in [3.8, 4) is 11.5 Å². The number of aromatic hydroxyl groups is 1. The summed E-state index contributed by atoms with van der Waals surface area (Å²) in [5.74, 6) is -0.719. The minimum Gasteiger partial charge on any atom is -0.507 e. The number of carbonyl (C=O) groups excluding carboxylic acids is 2. The summed E-state index contributed by atoms with van der Waals surface area (Å²) in [7, 11) is 1.32. The molecule has 1 rings (SSSR count). The van der Waals surface area contributed by atoms with Crippen LogP contribution in [-0.4, -0.2) is 36.0 Å². The first kappa shape index (κ1) is 11.2. The second-order valence-corrected chi connectivity index (χ2v) is 2.81. The van der Waals surface area contributed by atoms with Gasteiger partial charge in [0.15, 0.2) is 12.1 Å². The largest absolute Gasteiger partial charge is 0.507 e. The van der Waals surface area contributed by atoms with Crippen molar-refractivity contribution in [1.82, 2.24) is 0 Å². The quantitative estimate of drug-likeness (QED) is 0.554. The normalized spacial score (nSPS) is 9.73. The Bertz CT molecular complexity index is 397. The highest BCUT2D eigenvalue weighted by atomic mass is 16.5. The summed E-state index contributed by atoms with van der Waals surface area (Å²) < 4.78 is 4.84. The number of aliphatic hydroxyl groups excluding tert-OH is 1. The molecule has 0 atom stereocenters. The Balaban J connectivity index is 3.34. The lowest BCUT2D eigenvalue weighted by atomic mass is 10.1. The van der Waals surface area contributed by atoms with Gasteiger partial charge in [0.25, 0.3) is 0 Å². The molecule has 0 aliphatic rings. The van der Waals surface area contributed by atoms with E-state index in [2.05, 4.69) is 0 Å². The Kier molecular flexibility index (Phi) is 3.41. The van der Waals surface area contributed by atoms with Crippen LogP contribution in [0, 0.1) is 0 Å². The second-order valence-electron chi connectivity index (χ2n) is 2.81. The number of rotatable bonds is 4. The standard InChI is InChI=1S/C10H10O5/c1-15-10-3-8(13)6(4-11)2-7(10)9(14)5-12/h2-4,12-13H,5H2,1H3. The van der Waals surface area contributed by atoms with Gasteiger partial charge in [0.05, 0.1) is 18.2 Å². The highest BCUT2D eigenvalue weighted by Gasteiger charge is 2.15. The number of carbonyl (C=O) groups is 2. The van der Waals surface area contributed by atoms with E-state index in [4.69, 9.17) is 9.84 Å². The summed E-state index contributed by atoms with van der Waals surface area (Å²) in [6.07, 6.45) is 0.420. The fraction of sp³-hybridized carbons (Fsp3) is 0.200. The van der Waals surface area contributed by atoms with E-state index >= 15 is 0 Å². The molecular formula is C10H10O5. The molecule has 1 aromatic carbocycles. The zero-order valence-electron chi connectivity index (χ0n) is 8.06. The van der Waals surface area contributed by atoms with Crippen molar-refractivity contribution in [2.75, 3.05) is 13.7 Å². The molecule has 0 spiro atoms. The minimum atomic E-state index is -0.681. The van der Waals surface area contributed by atoms with E-state index in [1.165, 1.54) is 13.2 Å². The van der Waals surface area contributed by atoms with Crippen LogP contribution in [0.2, 0.25) is 0 Å². The van der Waals surface area contributed by atoms with E-state index in [0.29, 0.717) is 6.29 Å². The summed E-state index contributed by atoms with van der Waals surface area (Å²) >= 11 is 0. The molecule has 0 saturated heterocycles.